The summed E-state index contributed by atoms with van der Waals surface area (Å²) in [6.45, 7) is 12.5. The van der Waals surface area contributed by atoms with E-state index in [0.717, 1.165) is 13.0 Å². The molecule has 286 valence electrons. The molecule has 0 radical (unpaired) electrons. The van der Waals surface area contributed by atoms with E-state index in [-0.39, 0.29) is 5.60 Å². The van der Waals surface area contributed by atoms with Crippen LogP contribution in [0.2, 0.25) is 12.6 Å². The molecule has 9 rings (SSSR count). The molecular weight excluding hydrogens is 821 g/mol. The number of nitrogens with zero attached hydrogens (tertiary/aromatic N) is 1. The monoisotopic (exact) mass is 871 g/mol. The Kier molecular flexibility index (Phi) is 11.6. The molecule has 0 spiro atoms. The Labute approximate surface area is 352 Å². The maximum atomic E-state index is 6.09. The van der Waals surface area contributed by atoms with Gasteiger partial charge in [-0.3, -0.25) is 0 Å². The standard InChI is InChI=1S/C50H53NOSi.2ClH.Zr/c1-33-30-43-44(31-34-18-17-24-36(34)47(43)35-26-27-46-42(32-35)39-21-13-14-25-45(39)51(46)5)48(33)53(6,29-16-8-7-15-28-52-50(2,3)4)49-40-22-11-9-19-37(40)38-20-10-12-23-41(38)49;;;/h9-14,19-23,25-27,30-32H,7-8,15-18,24,28-29H2,1-6H3;2*1H;/q-2;;;+4/p-2. The molecular formula is C50H53Cl2NOSiZr. The molecule has 1 aliphatic rings. The molecule has 1 unspecified atom stereocenters. The van der Waals surface area contributed by atoms with E-state index in [1.165, 1.54) is 115 Å². The minimum atomic E-state index is -2.30. The molecule has 1 heterocycles. The molecule has 6 heteroatoms. The first-order valence-electron chi connectivity index (χ1n) is 20.5. The summed E-state index contributed by atoms with van der Waals surface area (Å²) in [7, 11) is 9.77. The van der Waals surface area contributed by atoms with E-state index in [4.69, 9.17) is 21.8 Å². The summed E-state index contributed by atoms with van der Waals surface area (Å²) >= 11 is -0.826. The van der Waals surface area contributed by atoms with Gasteiger partial charge in [0.1, 0.15) is 0 Å². The average molecular weight is 874 g/mol. The van der Waals surface area contributed by atoms with E-state index in [0.29, 0.717) is 0 Å². The summed E-state index contributed by atoms with van der Waals surface area (Å²) in [6.07, 6.45) is 8.43. The van der Waals surface area contributed by atoms with Crippen LogP contribution < -0.4 is 10.4 Å². The molecule has 1 atom stereocenters. The Balaban J connectivity index is 0.00000143. The number of unbranched alkanes of at least 4 members (excludes halogenated alkanes) is 3. The third-order valence-corrected chi connectivity index (χ3v) is 17.3. The summed E-state index contributed by atoms with van der Waals surface area (Å²) < 4.78 is 8.45. The summed E-state index contributed by atoms with van der Waals surface area (Å²) in [6, 6.07) is 41.2. The van der Waals surface area contributed by atoms with Crippen molar-refractivity contribution < 1.29 is 25.6 Å². The van der Waals surface area contributed by atoms with Crippen LogP contribution in [0.15, 0.2) is 103 Å². The number of para-hydroxylation sites is 1. The number of halogens is 2. The molecule has 56 heavy (non-hydrogen) atoms. The van der Waals surface area contributed by atoms with Gasteiger partial charge in [0.2, 0.25) is 0 Å². The molecule has 2 nitrogen and oxygen atoms in total. The van der Waals surface area contributed by atoms with Crippen molar-refractivity contribution in [1.29, 1.82) is 0 Å². The Morgan fingerprint density at radius 3 is 2.02 bits per heavy atom. The zero-order chi connectivity index (χ0) is 39.2. The van der Waals surface area contributed by atoms with Crippen molar-refractivity contribution in [3.8, 4) is 11.1 Å². The summed E-state index contributed by atoms with van der Waals surface area (Å²) in [4.78, 5) is 0. The van der Waals surface area contributed by atoms with Gasteiger partial charge < -0.3 is 9.30 Å². The van der Waals surface area contributed by atoms with Gasteiger partial charge in [0.25, 0.3) is 0 Å². The number of aromatic nitrogens is 1. The van der Waals surface area contributed by atoms with Gasteiger partial charge >= 0.3 is 37.9 Å². The summed E-state index contributed by atoms with van der Waals surface area (Å²) in [5, 5.41) is 14.8. The van der Waals surface area contributed by atoms with Gasteiger partial charge in [0, 0.05) is 43.5 Å². The van der Waals surface area contributed by atoms with Crippen LogP contribution in [0, 0.1) is 6.92 Å². The van der Waals surface area contributed by atoms with Gasteiger partial charge in [0.05, 0.1) is 5.60 Å². The first-order chi connectivity index (χ1) is 27.1. The quantitative estimate of drug-likeness (QED) is 0.0759. The second kappa shape index (κ2) is 16.3. The van der Waals surface area contributed by atoms with E-state index in [1.807, 2.05) is 0 Å². The first kappa shape index (κ1) is 39.8. The van der Waals surface area contributed by atoms with Crippen molar-refractivity contribution in [2.24, 2.45) is 7.05 Å². The van der Waals surface area contributed by atoms with Crippen molar-refractivity contribution in [1.82, 2.24) is 4.57 Å². The van der Waals surface area contributed by atoms with Crippen molar-refractivity contribution in [2.45, 2.75) is 90.8 Å². The molecule has 8 aromatic rings. The topological polar surface area (TPSA) is 14.2 Å². The predicted octanol–water partition coefficient (Wildman–Crippen LogP) is 13.6. The Morgan fingerprint density at radius 2 is 1.32 bits per heavy atom. The van der Waals surface area contributed by atoms with Crippen molar-refractivity contribution in [2.75, 3.05) is 6.61 Å². The Bertz CT molecular complexity index is 2640. The van der Waals surface area contributed by atoms with Crippen LogP contribution >= 0.6 is 17.0 Å². The molecule has 1 aromatic heterocycles. The molecule has 1 aliphatic carbocycles. The molecule has 0 bridgehead atoms. The summed E-state index contributed by atoms with van der Waals surface area (Å²) in [5.74, 6) is 0. The molecule has 0 saturated carbocycles. The van der Waals surface area contributed by atoms with Crippen LogP contribution in [0.3, 0.4) is 0 Å². The van der Waals surface area contributed by atoms with E-state index in [2.05, 4.69) is 149 Å². The van der Waals surface area contributed by atoms with Gasteiger partial charge in [-0.15, -0.1) is 66.5 Å². The van der Waals surface area contributed by atoms with Crippen molar-refractivity contribution in [3.63, 3.8) is 0 Å². The fourth-order valence-electron chi connectivity index (χ4n) is 10.3. The molecule has 0 amide bonds. The maximum absolute atomic E-state index is 6.09. The average Bonchev–Trinajstić information content (AvgIpc) is 3.94. The third-order valence-electron chi connectivity index (χ3n) is 12.6. The van der Waals surface area contributed by atoms with Crippen molar-refractivity contribution >= 4 is 89.6 Å². The fourth-order valence-corrected chi connectivity index (χ4v) is 15.4. The number of fused-ring (bicyclic) bond motifs is 8. The Hall–Kier alpha value is -2.98. The zero-order valence-corrected chi connectivity index (χ0v) is 38.8. The molecule has 0 N–H and O–H groups in total. The van der Waals surface area contributed by atoms with E-state index in [9.17, 15) is 0 Å². The van der Waals surface area contributed by atoms with Crippen LogP contribution in [0.25, 0.3) is 65.3 Å². The molecule has 7 aromatic carbocycles. The summed E-state index contributed by atoms with van der Waals surface area (Å²) in [5.41, 5.74) is 10.0. The SMILES string of the molecule is Cc1cc2c(-c3ccc4c(c3)c3ccccc3n4C)c3c(cc2[c-]1[Si](C)(CCCCCCOC(C)(C)C)[c-]1c2ccccc2c2ccccc21)CCC3.[Cl][Zr+2][Cl]. The number of benzene rings is 5. The fraction of sp³-hybridized carbons (Fsp3) is 0.320. The normalized spacial score (nSPS) is 14.1. The van der Waals surface area contributed by atoms with Crippen LogP contribution in [0.5, 0.6) is 0 Å². The van der Waals surface area contributed by atoms with E-state index < -0.39 is 28.9 Å². The minimum absolute atomic E-state index is 0.0680. The predicted molar refractivity (Wildman–Crippen MR) is 244 cm³/mol. The van der Waals surface area contributed by atoms with Crippen LogP contribution in [0.1, 0.15) is 69.6 Å². The van der Waals surface area contributed by atoms with Crippen molar-refractivity contribution in [3.05, 3.63) is 120 Å². The van der Waals surface area contributed by atoms with Gasteiger partial charge in [-0.25, -0.2) is 0 Å². The number of hydrogen-bond donors (Lipinski definition) is 0. The second-order valence-electron chi connectivity index (χ2n) is 17.2. The molecule has 0 aliphatic heterocycles. The first-order valence-corrected chi connectivity index (χ1v) is 29.5. The number of rotatable bonds is 10. The zero-order valence-electron chi connectivity index (χ0n) is 33.8. The Morgan fingerprint density at radius 1 is 0.696 bits per heavy atom. The van der Waals surface area contributed by atoms with Crippen LogP contribution in [-0.2, 0) is 45.5 Å². The van der Waals surface area contributed by atoms with Crippen LogP contribution in [-0.4, -0.2) is 24.8 Å². The van der Waals surface area contributed by atoms with Gasteiger partial charge in [0.15, 0.2) is 0 Å². The number of aryl methyl sites for hydroxylation is 3. The van der Waals surface area contributed by atoms with E-state index >= 15 is 0 Å². The van der Waals surface area contributed by atoms with Crippen LogP contribution in [0.4, 0.5) is 0 Å². The molecule has 0 saturated heterocycles. The third kappa shape index (κ3) is 7.21. The second-order valence-corrected chi connectivity index (χ2v) is 25.1. The number of hydrogen-bond acceptors (Lipinski definition) is 1. The van der Waals surface area contributed by atoms with Gasteiger partial charge in [-0.2, -0.15) is 6.07 Å². The van der Waals surface area contributed by atoms with Gasteiger partial charge in [-0.1, -0.05) is 116 Å². The molecule has 0 fully saturated rings. The van der Waals surface area contributed by atoms with E-state index in [1.54, 1.807) is 21.5 Å². The number of ether oxygens (including phenoxy) is 1. The van der Waals surface area contributed by atoms with Gasteiger partial charge in [-0.05, 0) is 70.2 Å².